The molecular weight excluding hydrogens is 480 g/mol. The van der Waals surface area contributed by atoms with Gasteiger partial charge in [0.15, 0.2) is 6.61 Å². The largest absolute Gasteiger partial charge is 0.484 e. The predicted molar refractivity (Wildman–Crippen MR) is 125 cm³/mol. The zero-order valence-corrected chi connectivity index (χ0v) is 19.4. The molecule has 0 atom stereocenters. The van der Waals surface area contributed by atoms with E-state index >= 15 is 0 Å². The molecule has 3 amide bonds. The average Bonchev–Trinajstić information content (AvgIpc) is 2.78. The van der Waals surface area contributed by atoms with Crippen LogP contribution >= 0.6 is 15.9 Å². The maximum Gasteiger partial charge on any atom is 0.329 e. The minimum absolute atomic E-state index is 0.171. The third-order valence-electron chi connectivity index (χ3n) is 4.07. The highest BCUT2D eigenvalue weighted by Gasteiger charge is 2.11. The number of halogens is 1. The van der Waals surface area contributed by atoms with Crippen molar-refractivity contribution in [2.24, 2.45) is 5.10 Å². The molecule has 3 N–H and O–H groups in total. The van der Waals surface area contributed by atoms with E-state index in [1.807, 2.05) is 19.1 Å². The predicted octanol–water partition coefficient (Wildman–Crippen LogP) is 2.38. The van der Waals surface area contributed by atoms with Crippen molar-refractivity contribution >= 4 is 45.6 Å². The van der Waals surface area contributed by atoms with Crippen molar-refractivity contribution in [2.75, 3.05) is 32.2 Å². The summed E-state index contributed by atoms with van der Waals surface area (Å²) in [5.74, 6) is -1.49. The molecule has 2 aromatic carbocycles. The van der Waals surface area contributed by atoms with Gasteiger partial charge in [0.1, 0.15) is 5.75 Å². The standard InChI is InChI=1S/C22H25BrN4O5/c1-15-11-17(7-8-19(15)23)26-20(28)14-32-18-6-3-5-16(12-18)13-25-27-22(30)21(29)24-9-4-10-31-2/h3,5-8,11-13H,4,9-10,14H2,1-2H3,(H,24,29)(H,26,28)(H,27,30)/b25-13-. The summed E-state index contributed by atoms with van der Waals surface area (Å²) in [4.78, 5) is 35.4. The van der Waals surface area contributed by atoms with Gasteiger partial charge in [0.25, 0.3) is 5.91 Å². The van der Waals surface area contributed by atoms with Gasteiger partial charge in [0, 0.05) is 30.4 Å². The molecule has 0 aliphatic carbocycles. The summed E-state index contributed by atoms with van der Waals surface area (Å²) in [6.07, 6.45) is 1.97. The number of aryl methyl sites for hydroxylation is 1. The van der Waals surface area contributed by atoms with Gasteiger partial charge in [-0.1, -0.05) is 28.1 Å². The number of hydrazone groups is 1. The van der Waals surface area contributed by atoms with Gasteiger partial charge in [0.2, 0.25) is 0 Å². The van der Waals surface area contributed by atoms with E-state index in [9.17, 15) is 14.4 Å². The van der Waals surface area contributed by atoms with E-state index in [2.05, 4.69) is 37.1 Å². The topological polar surface area (TPSA) is 118 Å². The molecule has 32 heavy (non-hydrogen) atoms. The third kappa shape index (κ3) is 8.86. The Hall–Kier alpha value is -3.24. The zero-order chi connectivity index (χ0) is 23.3. The van der Waals surface area contributed by atoms with Crippen LogP contribution in [0.1, 0.15) is 17.5 Å². The Morgan fingerprint density at radius 1 is 1.12 bits per heavy atom. The highest BCUT2D eigenvalue weighted by atomic mass is 79.9. The molecule has 0 saturated carbocycles. The summed E-state index contributed by atoms with van der Waals surface area (Å²) in [7, 11) is 1.56. The van der Waals surface area contributed by atoms with Crippen molar-refractivity contribution < 1.29 is 23.9 Å². The normalized spacial score (nSPS) is 10.6. The number of anilines is 1. The third-order valence-corrected chi connectivity index (χ3v) is 4.96. The zero-order valence-electron chi connectivity index (χ0n) is 17.8. The highest BCUT2D eigenvalue weighted by Crippen LogP contribution is 2.20. The molecule has 10 heteroatoms. The van der Waals surface area contributed by atoms with Crippen LogP contribution in [0, 0.1) is 6.92 Å². The number of benzene rings is 2. The number of nitrogens with zero attached hydrogens (tertiary/aromatic N) is 1. The molecule has 0 aliphatic heterocycles. The molecule has 0 bridgehead atoms. The monoisotopic (exact) mass is 504 g/mol. The first-order valence-corrected chi connectivity index (χ1v) is 10.6. The molecular formula is C22H25BrN4O5. The van der Waals surface area contributed by atoms with Crippen molar-refractivity contribution in [1.82, 2.24) is 10.7 Å². The van der Waals surface area contributed by atoms with Gasteiger partial charge < -0.3 is 20.1 Å². The molecule has 0 heterocycles. The number of hydrogen-bond acceptors (Lipinski definition) is 6. The lowest BCUT2D eigenvalue weighted by atomic mass is 10.2. The van der Waals surface area contributed by atoms with Crippen molar-refractivity contribution in [1.29, 1.82) is 0 Å². The first kappa shape index (κ1) is 25.0. The Labute approximate surface area is 194 Å². The highest BCUT2D eigenvalue weighted by molar-refractivity contribution is 9.10. The number of amides is 3. The summed E-state index contributed by atoms with van der Waals surface area (Å²) in [6.45, 7) is 2.58. The molecule has 0 spiro atoms. The molecule has 0 unspecified atom stereocenters. The summed E-state index contributed by atoms with van der Waals surface area (Å²) < 4.78 is 11.3. The van der Waals surface area contributed by atoms with Crippen molar-refractivity contribution in [3.8, 4) is 5.75 Å². The number of rotatable bonds is 10. The minimum atomic E-state index is -0.870. The van der Waals surface area contributed by atoms with Crippen LogP contribution < -0.4 is 20.8 Å². The van der Waals surface area contributed by atoms with E-state index in [0.717, 1.165) is 10.0 Å². The fourth-order valence-electron chi connectivity index (χ4n) is 2.47. The molecule has 0 aromatic heterocycles. The first-order chi connectivity index (χ1) is 15.4. The molecule has 170 valence electrons. The van der Waals surface area contributed by atoms with Crippen molar-refractivity contribution in [3.63, 3.8) is 0 Å². The van der Waals surface area contributed by atoms with E-state index in [4.69, 9.17) is 9.47 Å². The molecule has 2 aromatic rings. The Morgan fingerprint density at radius 3 is 2.69 bits per heavy atom. The van der Waals surface area contributed by atoms with Gasteiger partial charge in [-0.15, -0.1) is 0 Å². The van der Waals surface area contributed by atoms with E-state index in [-0.39, 0.29) is 12.5 Å². The minimum Gasteiger partial charge on any atom is -0.484 e. The molecule has 0 saturated heterocycles. The summed E-state index contributed by atoms with van der Waals surface area (Å²) in [6, 6.07) is 12.3. The smallest absolute Gasteiger partial charge is 0.329 e. The quantitative estimate of drug-likeness (QED) is 0.198. The second kappa shape index (κ2) is 13.2. The second-order valence-corrected chi connectivity index (χ2v) is 7.53. The lowest BCUT2D eigenvalue weighted by Crippen LogP contribution is -2.38. The number of hydrogen-bond donors (Lipinski definition) is 3. The maximum absolute atomic E-state index is 12.1. The Morgan fingerprint density at radius 2 is 1.94 bits per heavy atom. The fourth-order valence-corrected chi connectivity index (χ4v) is 2.71. The summed E-state index contributed by atoms with van der Waals surface area (Å²) in [5, 5.41) is 9.00. The van der Waals surface area contributed by atoms with Gasteiger partial charge in [-0.25, -0.2) is 5.43 Å². The number of methoxy groups -OCH3 is 1. The SMILES string of the molecule is COCCCNC(=O)C(=O)N/N=C\c1cccc(OCC(=O)Nc2ccc(Br)c(C)c2)c1. The Kier molecular flexibility index (Phi) is 10.3. The Balaban J connectivity index is 1.79. The van der Waals surface area contributed by atoms with Crippen LogP contribution in [-0.4, -0.2) is 50.8 Å². The van der Waals surface area contributed by atoms with Gasteiger partial charge in [-0.3, -0.25) is 14.4 Å². The molecule has 9 nitrogen and oxygen atoms in total. The van der Waals surface area contributed by atoms with Gasteiger partial charge in [-0.2, -0.15) is 5.10 Å². The van der Waals surface area contributed by atoms with Crippen molar-refractivity contribution in [2.45, 2.75) is 13.3 Å². The Bertz CT molecular complexity index is 981. The fraction of sp³-hybridized carbons (Fsp3) is 0.273. The van der Waals surface area contributed by atoms with Gasteiger partial charge in [-0.05, 0) is 54.8 Å². The van der Waals surface area contributed by atoms with Crippen LogP contribution in [0.5, 0.6) is 5.75 Å². The van der Waals surface area contributed by atoms with Crippen LogP contribution in [0.4, 0.5) is 5.69 Å². The van der Waals surface area contributed by atoms with E-state index in [1.165, 1.54) is 6.21 Å². The number of carbonyl (C=O) groups is 3. The lowest BCUT2D eigenvalue weighted by Gasteiger charge is -2.09. The van der Waals surface area contributed by atoms with Crippen LogP contribution in [-0.2, 0) is 19.1 Å². The van der Waals surface area contributed by atoms with Crippen LogP contribution in [0.15, 0.2) is 52.0 Å². The van der Waals surface area contributed by atoms with Crippen LogP contribution in [0.3, 0.4) is 0 Å². The van der Waals surface area contributed by atoms with Gasteiger partial charge >= 0.3 is 11.8 Å². The van der Waals surface area contributed by atoms with Crippen LogP contribution in [0.25, 0.3) is 0 Å². The van der Waals surface area contributed by atoms with Crippen LogP contribution in [0.2, 0.25) is 0 Å². The number of nitrogens with one attached hydrogen (secondary N) is 3. The molecule has 2 rings (SSSR count). The van der Waals surface area contributed by atoms with E-state index < -0.39 is 11.8 Å². The summed E-state index contributed by atoms with van der Waals surface area (Å²) >= 11 is 3.42. The lowest BCUT2D eigenvalue weighted by molar-refractivity contribution is -0.139. The molecule has 0 fully saturated rings. The number of carbonyl (C=O) groups excluding carboxylic acids is 3. The number of ether oxygens (including phenoxy) is 2. The first-order valence-electron chi connectivity index (χ1n) is 9.78. The second-order valence-electron chi connectivity index (χ2n) is 6.67. The molecule has 0 aliphatic rings. The molecule has 0 radical (unpaired) electrons. The summed E-state index contributed by atoms with van der Waals surface area (Å²) in [5.41, 5.74) is 4.46. The maximum atomic E-state index is 12.1. The van der Waals surface area contributed by atoms with E-state index in [1.54, 1.807) is 37.4 Å². The van der Waals surface area contributed by atoms with Gasteiger partial charge in [0.05, 0.1) is 6.21 Å². The van der Waals surface area contributed by atoms with Crippen molar-refractivity contribution in [3.05, 3.63) is 58.1 Å². The van der Waals surface area contributed by atoms with E-state index in [0.29, 0.717) is 36.6 Å². The average molecular weight is 505 g/mol.